The van der Waals surface area contributed by atoms with Crippen molar-refractivity contribution in [1.82, 2.24) is 0 Å². The Balaban J connectivity index is 3.06. The molecule has 0 aromatic heterocycles. The first-order valence-corrected chi connectivity index (χ1v) is 4.21. The van der Waals surface area contributed by atoms with Gasteiger partial charge in [-0.05, 0) is 31.5 Å². The van der Waals surface area contributed by atoms with Gasteiger partial charge < -0.3 is 9.84 Å². The van der Waals surface area contributed by atoms with Gasteiger partial charge in [-0.2, -0.15) is 0 Å². The van der Waals surface area contributed by atoms with Gasteiger partial charge in [-0.1, -0.05) is 0 Å². The molecule has 0 fully saturated rings. The van der Waals surface area contributed by atoms with E-state index in [0.29, 0.717) is 17.9 Å². The van der Waals surface area contributed by atoms with Crippen LogP contribution < -0.4 is 4.74 Å². The Hall–Kier alpha value is -1.09. The van der Waals surface area contributed by atoms with Gasteiger partial charge in [0.15, 0.2) is 0 Å². The highest BCUT2D eigenvalue weighted by molar-refractivity contribution is 5.35. The van der Waals surface area contributed by atoms with E-state index in [2.05, 4.69) is 0 Å². The van der Waals surface area contributed by atoms with E-state index in [9.17, 15) is 4.39 Å². The van der Waals surface area contributed by atoms with Crippen LogP contribution in [0.25, 0.3) is 0 Å². The number of hydrogen-bond donors (Lipinski definition) is 1. The normalized spacial score (nSPS) is 10.2. The highest BCUT2D eigenvalue weighted by Gasteiger charge is 2.07. The van der Waals surface area contributed by atoms with Gasteiger partial charge in [-0.15, -0.1) is 0 Å². The summed E-state index contributed by atoms with van der Waals surface area (Å²) in [5.41, 5.74) is 0.776. The summed E-state index contributed by atoms with van der Waals surface area (Å²) in [6, 6.07) is 3.14. The van der Waals surface area contributed by atoms with E-state index in [-0.39, 0.29) is 18.0 Å². The summed E-state index contributed by atoms with van der Waals surface area (Å²) in [6.07, 6.45) is 0. The van der Waals surface area contributed by atoms with E-state index in [1.807, 2.05) is 6.92 Å². The molecule has 0 atom stereocenters. The maximum atomic E-state index is 13.2. The Kier molecular flexibility index (Phi) is 3.25. The van der Waals surface area contributed by atoms with Crippen molar-refractivity contribution in [2.75, 3.05) is 6.61 Å². The van der Waals surface area contributed by atoms with E-state index in [1.54, 1.807) is 13.0 Å². The number of aryl methyl sites for hydroxylation is 1. The molecular formula is C10H13FO2. The fourth-order valence-electron chi connectivity index (χ4n) is 1.17. The maximum absolute atomic E-state index is 13.2. The molecule has 0 saturated heterocycles. The molecule has 0 radical (unpaired) electrons. The first kappa shape index (κ1) is 9.99. The molecule has 1 N–H and O–H groups in total. The number of benzene rings is 1. The van der Waals surface area contributed by atoms with Crippen LogP contribution in [-0.2, 0) is 6.61 Å². The smallest absolute Gasteiger partial charge is 0.131 e. The van der Waals surface area contributed by atoms with Gasteiger partial charge in [0.1, 0.15) is 11.6 Å². The number of hydrogen-bond acceptors (Lipinski definition) is 2. The topological polar surface area (TPSA) is 29.5 Å². The zero-order valence-corrected chi connectivity index (χ0v) is 7.80. The van der Waals surface area contributed by atoms with Crippen molar-refractivity contribution < 1.29 is 14.2 Å². The predicted octanol–water partition coefficient (Wildman–Crippen LogP) is 2.03. The molecule has 0 spiro atoms. The standard InChI is InChI=1S/C10H13FO2/c1-3-13-9-4-7(2)10(11)8(5-9)6-12/h4-5,12H,3,6H2,1-2H3. The van der Waals surface area contributed by atoms with Crippen molar-refractivity contribution in [3.05, 3.63) is 29.1 Å². The van der Waals surface area contributed by atoms with Crippen LogP contribution in [0.1, 0.15) is 18.1 Å². The third kappa shape index (κ3) is 2.18. The number of aliphatic hydroxyl groups is 1. The van der Waals surface area contributed by atoms with Crippen molar-refractivity contribution in [2.24, 2.45) is 0 Å². The minimum Gasteiger partial charge on any atom is -0.494 e. The summed E-state index contributed by atoms with van der Waals surface area (Å²) in [7, 11) is 0. The van der Waals surface area contributed by atoms with E-state index in [0.717, 1.165) is 0 Å². The van der Waals surface area contributed by atoms with E-state index in [4.69, 9.17) is 9.84 Å². The SMILES string of the molecule is CCOc1cc(C)c(F)c(CO)c1. The first-order valence-electron chi connectivity index (χ1n) is 4.21. The molecule has 0 saturated carbocycles. The highest BCUT2D eigenvalue weighted by Crippen LogP contribution is 2.20. The van der Waals surface area contributed by atoms with Gasteiger partial charge in [-0.3, -0.25) is 0 Å². The number of halogens is 1. The summed E-state index contributed by atoms with van der Waals surface area (Å²) in [5.74, 6) is 0.247. The van der Waals surface area contributed by atoms with Gasteiger partial charge in [0.05, 0.1) is 13.2 Å². The van der Waals surface area contributed by atoms with Crippen LogP contribution >= 0.6 is 0 Å². The molecule has 72 valence electrons. The molecule has 1 rings (SSSR count). The van der Waals surface area contributed by atoms with Gasteiger partial charge in [0, 0.05) is 5.56 Å². The zero-order chi connectivity index (χ0) is 9.84. The minimum absolute atomic E-state index is 0.281. The molecule has 0 aliphatic heterocycles. The minimum atomic E-state index is -0.356. The molecule has 2 nitrogen and oxygen atoms in total. The van der Waals surface area contributed by atoms with E-state index >= 15 is 0 Å². The van der Waals surface area contributed by atoms with Crippen molar-refractivity contribution >= 4 is 0 Å². The van der Waals surface area contributed by atoms with Crippen LogP contribution in [-0.4, -0.2) is 11.7 Å². The Morgan fingerprint density at radius 1 is 1.46 bits per heavy atom. The summed E-state index contributed by atoms with van der Waals surface area (Å²) in [4.78, 5) is 0. The average Bonchev–Trinajstić information content (AvgIpc) is 2.11. The molecule has 0 heterocycles. The number of rotatable bonds is 3. The third-order valence-electron chi connectivity index (χ3n) is 1.78. The molecule has 0 aliphatic rings. The molecule has 0 unspecified atom stereocenters. The first-order chi connectivity index (χ1) is 6.19. The molecule has 3 heteroatoms. The molecule has 1 aromatic carbocycles. The Morgan fingerprint density at radius 2 is 2.15 bits per heavy atom. The molecule has 13 heavy (non-hydrogen) atoms. The predicted molar refractivity (Wildman–Crippen MR) is 48.2 cm³/mol. The molecule has 0 amide bonds. The van der Waals surface area contributed by atoms with Gasteiger partial charge in [0.2, 0.25) is 0 Å². The van der Waals surface area contributed by atoms with Crippen molar-refractivity contribution in [1.29, 1.82) is 0 Å². The lowest BCUT2D eigenvalue weighted by Crippen LogP contribution is -1.97. The molecule has 0 bridgehead atoms. The summed E-state index contributed by atoms with van der Waals surface area (Å²) in [6.45, 7) is 3.75. The molecule has 1 aromatic rings. The molecular weight excluding hydrogens is 171 g/mol. The van der Waals surface area contributed by atoms with E-state index < -0.39 is 0 Å². The quantitative estimate of drug-likeness (QED) is 0.778. The van der Waals surface area contributed by atoms with Crippen molar-refractivity contribution in [3.8, 4) is 5.75 Å². The van der Waals surface area contributed by atoms with Crippen LogP contribution in [0, 0.1) is 12.7 Å². The van der Waals surface area contributed by atoms with Crippen LogP contribution in [0.5, 0.6) is 5.75 Å². The number of ether oxygens (including phenoxy) is 1. The number of aliphatic hydroxyl groups excluding tert-OH is 1. The average molecular weight is 184 g/mol. The van der Waals surface area contributed by atoms with Crippen molar-refractivity contribution in [2.45, 2.75) is 20.5 Å². The van der Waals surface area contributed by atoms with Crippen LogP contribution in [0.4, 0.5) is 4.39 Å². The fourth-order valence-corrected chi connectivity index (χ4v) is 1.17. The summed E-state index contributed by atoms with van der Waals surface area (Å²) in [5, 5.41) is 8.84. The van der Waals surface area contributed by atoms with Crippen LogP contribution in [0.15, 0.2) is 12.1 Å². The summed E-state index contributed by atoms with van der Waals surface area (Å²) < 4.78 is 18.4. The van der Waals surface area contributed by atoms with Gasteiger partial charge in [-0.25, -0.2) is 4.39 Å². The lowest BCUT2D eigenvalue weighted by molar-refractivity contribution is 0.273. The van der Waals surface area contributed by atoms with Gasteiger partial charge >= 0.3 is 0 Å². The Labute approximate surface area is 77.0 Å². The second kappa shape index (κ2) is 4.23. The maximum Gasteiger partial charge on any atom is 0.131 e. The zero-order valence-electron chi connectivity index (χ0n) is 7.80. The fraction of sp³-hybridized carbons (Fsp3) is 0.400. The van der Waals surface area contributed by atoms with Crippen LogP contribution in [0.3, 0.4) is 0 Å². The lowest BCUT2D eigenvalue weighted by Gasteiger charge is -2.08. The van der Waals surface area contributed by atoms with Crippen LogP contribution in [0.2, 0.25) is 0 Å². The monoisotopic (exact) mass is 184 g/mol. The second-order valence-electron chi connectivity index (χ2n) is 2.80. The lowest BCUT2D eigenvalue weighted by atomic mass is 10.1. The summed E-state index contributed by atoms with van der Waals surface area (Å²) >= 11 is 0. The van der Waals surface area contributed by atoms with Crippen molar-refractivity contribution in [3.63, 3.8) is 0 Å². The Bertz CT molecular complexity index is 297. The molecule has 0 aliphatic carbocycles. The largest absolute Gasteiger partial charge is 0.494 e. The third-order valence-corrected chi connectivity index (χ3v) is 1.78. The second-order valence-corrected chi connectivity index (χ2v) is 2.80. The van der Waals surface area contributed by atoms with Gasteiger partial charge in [0.25, 0.3) is 0 Å². The van der Waals surface area contributed by atoms with E-state index in [1.165, 1.54) is 6.07 Å². The Morgan fingerprint density at radius 3 is 2.69 bits per heavy atom. The highest BCUT2D eigenvalue weighted by atomic mass is 19.1.